The zero-order valence-electron chi connectivity index (χ0n) is 14.7. The molecule has 25 heavy (non-hydrogen) atoms. The van der Waals surface area contributed by atoms with Gasteiger partial charge in [-0.2, -0.15) is 5.10 Å². The Labute approximate surface area is 145 Å². The molecule has 1 aromatic carbocycles. The molecule has 0 spiro atoms. The molecule has 1 aliphatic rings. The normalized spacial score (nSPS) is 13.7. The molecule has 7 heteroatoms. The maximum Gasteiger partial charge on any atom is 0.407 e. The van der Waals surface area contributed by atoms with Crippen LogP contribution in [0.5, 0.6) is 0 Å². The van der Waals surface area contributed by atoms with Crippen molar-refractivity contribution in [2.75, 3.05) is 7.11 Å². The second-order valence-corrected chi connectivity index (χ2v) is 7.11. The second-order valence-electron chi connectivity index (χ2n) is 7.11. The summed E-state index contributed by atoms with van der Waals surface area (Å²) in [7, 11) is 1.35. The van der Waals surface area contributed by atoms with E-state index in [1.807, 2.05) is 16.8 Å². The number of hydrogen-bond acceptors (Lipinski definition) is 4. The predicted molar refractivity (Wildman–Crippen MR) is 90.9 cm³/mol. The van der Waals surface area contributed by atoms with Crippen LogP contribution >= 0.6 is 0 Å². The Kier molecular flexibility index (Phi) is 4.02. The van der Waals surface area contributed by atoms with Crippen LogP contribution in [0.3, 0.4) is 0 Å². The zero-order chi connectivity index (χ0) is 18.4. The smallest absolute Gasteiger partial charge is 0.407 e. The van der Waals surface area contributed by atoms with Crippen LogP contribution in [-0.2, 0) is 23.2 Å². The molecule has 3 rings (SSSR count). The van der Waals surface area contributed by atoms with Gasteiger partial charge in [0.25, 0.3) is 0 Å². The molecule has 0 atom stereocenters. The lowest BCUT2D eigenvalue weighted by Gasteiger charge is -2.23. The van der Waals surface area contributed by atoms with E-state index in [2.05, 4.69) is 25.9 Å². The molecule has 1 amide bonds. The highest BCUT2D eigenvalue weighted by Gasteiger charge is 2.34. The Morgan fingerprint density at radius 2 is 1.80 bits per heavy atom. The van der Waals surface area contributed by atoms with E-state index in [0.29, 0.717) is 18.7 Å². The second kappa shape index (κ2) is 5.91. The van der Waals surface area contributed by atoms with Crippen LogP contribution in [0.15, 0.2) is 24.3 Å². The van der Waals surface area contributed by atoms with Gasteiger partial charge in [0.15, 0.2) is 0 Å². The number of carbonyl (C=O) groups is 2. The van der Waals surface area contributed by atoms with Crippen LogP contribution in [0.1, 0.15) is 48.1 Å². The van der Waals surface area contributed by atoms with Gasteiger partial charge in [-0.1, -0.05) is 20.8 Å². The van der Waals surface area contributed by atoms with Crippen molar-refractivity contribution in [1.29, 1.82) is 0 Å². The summed E-state index contributed by atoms with van der Waals surface area (Å²) in [6.45, 7) is 6.87. The topological polar surface area (TPSA) is 84.7 Å². The van der Waals surface area contributed by atoms with E-state index in [4.69, 9.17) is 4.74 Å². The molecular weight excluding hydrogens is 322 g/mol. The molecule has 7 nitrogen and oxygen atoms in total. The van der Waals surface area contributed by atoms with E-state index in [1.54, 1.807) is 12.1 Å². The van der Waals surface area contributed by atoms with Gasteiger partial charge in [-0.3, -0.25) is 4.90 Å². The van der Waals surface area contributed by atoms with E-state index in [1.165, 1.54) is 12.0 Å². The molecule has 0 saturated carbocycles. The van der Waals surface area contributed by atoms with E-state index in [-0.39, 0.29) is 11.4 Å². The van der Waals surface area contributed by atoms with E-state index < -0.39 is 6.09 Å². The third kappa shape index (κ3) is 2.97. The quantitative estimate of drug-likeness (QED) is 0.848. The molecule has 0 bridgehead atoms. The fourth-order valence-electron chi connectivity index (χ4n) is 3.17. The van der Waals surface area contributed by atoms with Crippen LogP contribution in [0, 0.1) is 0 Å². The lowest BCUT2D eigenvalue weighted by atomic mass is 9.88. The van der Waals surface area contributed by atoms with Gasteiger partial charge in [0.1, 0.15) is 0 Å². The first kappa shape index (κ1) is 17.0. The molecular formula is C18H21N3O4. The minimum absolute atomic E-state index is 0.212. The number of carboxylic acid groups (broad SMARTS) is 1. The number of hydrogen-bond donors (Lipinski definition) is 1. The van der Waals surface area contributed by atoms with Gasteiger partial charge in [0.05, 0.1) is 42.8 Å². The Morgan fingerprint density at radius 1 is 1.16 bits per heavy atom. The number of aromatic nitrogens is 2. The minimum Gasteiger partial charge on any atom is -0.465 e. The molecule has 132 valence electrons. The number of carbonyl (C=O) groups excluding carboxylic acids is 1. The van der Waals surface area contributed by atoms with Crippen molar-refractivity contribution in [1.82, 2.24) is 14.7 Å². The van der Waals surface area contributed by atoms with Crippen molar-refractivity contribution in [2.24, 2.45) is 0 Å². The Bertz CT molecular complexity index is 831. The summed E-state index contributed by atoms with van der Waals surface area (Å²) in [5.74, 6) is -0.386. The fraction of sp³-hybridized carbons (Fsp3) is 0.389. The van der Waals surface area contributed by atoms with Gasteiger partial charge < -0.3 is 9.84 Å². The van der Waals surface area contributed by atoms with E-state index in [0.717, 1.165) is 22.6 Å². The summed E-state index contributed by atoms with van der Waals surface area (Å²) in [6.07, 6.45) is -0.938. The largest absolute Gasteiger partial charge is 0.465 e. The van der Waals surface area contributed by atoms with Gasteiger partial charge in [0, 0.05) is 11.0 Å². The molecule has 1 aliphatic heterocycles. The number of fused-ring (bicyclic) bond motifs is 1. The predicted octanol–water partition coefficient (Wildman–Crippen LogP) is 2.95. The molecule has 0 saturated heterocycles. The van der Waals surface area contributed by atoms with Crippen molar-refractivity contribution in [2.45, 2.75) is 39.3 Å². The average molecular weight is 343 g/mol. The summed E-state index contributed by atoms with van der Waals surface area (Å²) >= 11 is 0. The number of ether oxygens (including phenoxy) is 1. The molecule has 0 aliphatic carbocycles. The molecule has 2 heterocycles. The highest BCUT2D eigenvalue weighted by molar-refractivity contribution is 5.89. The zero-order valence-corrected chi connectivity index (χ0v) is 14.7. The number of rotatable bonds is 2. The first-order valence-corrected chi connectivity index (χ1v) is 8.00. The molecule has 0 fully saturated rings. The van der Waals surface area contributed by atoms with Crippen LogP contribution < -0.4 is 0 Å². The third-order valence-electron chi connectivity index (χ3n) is 4.27. The lowest BCUT2D eigenvalue weighted by molar-refractivity contribution is 0.0600. The highest BCUT2D eigenvalue weighted by Crippen LogP contribution is 2.35. The van der Waals surface area contributed by atoms with Gasteiger partial charge in [0.2, 0.25) is 0 Å². The number of amides is 1. The summed E-state index contributed by atoms with van der Waals surface area (Å²) in [6, 6.07) is 7.03. The van der Waals surface area contributed by atoms with Gasteiger partial charge in [-0.15, -0.1) is 0 Å². The van der Waals surface area contributed by atoms with Gasteiger partial charge in [-0.05, 0) is 24.3 Å². The minimum atomic E-state index is -0.938. The highest BCUT2D eigenvalue weighted by atomic mass is 16.5. The van der Waals surface area contributed by atoms with E-state index in [9.17, 15) is 14.7 Å². The molecule has 2 aromatic rings. The molecule has 0 unspecified atom stereocenters. The monoisotopic (exact) mass is 343 g/mol. The van der Waals surface area contributed by atoms with E-state index >= 15 is 0 Å². The number of esters is 1. The van der Waals surface area contributed by atoms with Crippen LogP contribution in [0.25, 0.3) is 5.69 Å². The maximum absolute atomic E-state index is 11.6. The molecule has 1 aromatic heterocycles. The van der Waals surface area contributed by atoms with Crippen LogP contribution in [0.2, 0.25) is 0 Å². The first-order valence-electron chi connectivity index (χ1n) is 8.00. The average Bonchev–Trinajstić information content (AvgIpc) is 3.10. The number of benzene rings is 1. The molecule has 1 N–H and O–H groups in total. The van der Waals surface area contributed by atoms with Gasteiger partial charge in [-0.25, -0.2) is 14.3 Å². The van der Waals surface area contributed by atoms with Crippen molar-refractivity contribution < 1.29 is 19.4 Å². The first-order chi connectivity index (χ1) is 11.7. The molecule has 0 radical (unpaired) electrons. The summed E-state index contributed by atoms with van der Waals surface area (Å²) in [5.41, 5.74) is 3.82. The standard InChI is InChI=1S/C18H21N3O4/c1-18(2,3)15-13-9-20(17(23)24)10-14(13)19-21(15)12-7-5-11(6-8-12)16(22)25-4/h5-8H,9-10H2,1-4H3,(H,23,24). The third-order valence-corrected chi connectivity index (χ3v) is 4.27. The van der Waals surface area contributed by atoms with Crippen molar-refractivity contribution in [3.63, 3.8) is 0 Å². The Morgan fingerprint density at radius 3 is 2.32 bits per heavy atom. The summed E-state index contributed by atoms with van der Waals surface area (Å²) in [5, 5.41) is 13.9. The van der Waals surface area contributed by atoms with Crippen molar-refractivity contribution in [3.8, 4) is 5.69 Å². The van der Waals surface area contributed by atoms with Crippen LogP contribution in [0.4, 0.5) is 4.79 Å². The Hall–Kier alpha value is -2.83. The fourth-order valence-corrected chi connectivity index (χ4v) is 3.17. The SMILES string of the molecule is COC(=O)c1ccc(-n2nc3c(c2C(C)(C)C)CN(C(=O)O)C3)cc1. The van der Waals surface area contributed by atoms with Crippen LogP contribution in [-0.4, -0.2) is 39.0 Å². The van der Waals surface area contributed by atoms with Crippen molar-refractivity contribution >= 4 is 12.1 Å². The maximum atomic E-state index is 11.6. The lowest BCUT2D eigenvalue weighted by Crippen LogP contribution is -2.26. The summed E-state index contributed by atoms with van der Waals surface area (Å²) in [4.78, 5) is 24.2. The number of nitrogens with zero attached hydrogens (tertiary/aromatic N) is 3. The van der Waals surface area contributed by atoms with Crippen molar-refractivity contribution in [3.05, 3.63) is 46.8 Å². The van der Waals surface area contributed by atoms with Gasteiger partial charge >= 0.3 is 12.1 Å². The Balaban J connectivity index is 2.05. The number of methoxy groups -OCH3 is 1. The summed E-state index contributed by atoms with van der Waals surface area (Å²) < 4.78 is 6.57.